The number of aromatic nitrogens is 2. The highest BCUT2D eigenvalue weighted by atomic mass is 16.3. The van der Waals surface area contributed by atoms with Crippen LogP contribution in [0.4, 0.5) is 0 Å². The van der Waals surface area contributed by atoms with Gasteiger partial charge in [-0.1, -0.05) is 30.3 Å². The standard InChI is InChI=1S/C15H21N3O/c1-12(2)18-9-8-14(17-18)10-16-15(11-19)13-6-4-3-5-7-13/h3-9,12,15-16,19H,10-11H2,1-2H3. The molecule has 0 saturated heterocycles. The SMILES string of the molecule is CC(C)n1ccc(CNC(CO)c2ccccc2)n1. The van der Waals surface area contributed by atoms with Gasteiger partial charge < -0.3 is 10.4 Å². The lowest BCUT2D eigenvalue weighted by Crippen LogP contribution is -2.24. The molecule has 0 fully saturated rings. The normalized spacial score (nSPS) is 12.8. The number of hydrogen-bond acceptors (Lipinski definition) is 3. The zero-order valence-corrected chi connectivity index (χ0v) is 11.5. The lowest BCUT2D eigenvalue weighted by molar-refractivity contribution is 0.243. The summed E-state index contributed by atoms with van der Waals surface area (Å²) in [5, 5.41) is 17.3. The summed E-state index contributed by atoms with van der Waals surface area (Å²) in [5.41, 5.74) is 2.08. The fourth-order valence-electron chi connectivity index (χ4n) is 1.96. The molecule has 1 atom stereocenters. The van der Waals surface area contributed by atoms with Gasteiger partial charge in [0.25, 0.3) is 0 Å². The fourth-order valence-corrected chi connectivity index (χ4v) is 1.96. The smallest absolute Gasteiger partial charge is 0.0762 e. The molecule has 0 spiro atoms. The quantitative estimate of drug-likeness (QED) is 0.837. The molecule has 2 rings (SSSR count). The molecule has 4 nitrogen and oxygen atoms in total. The zero-order valence-electron chi connectivity index (χ0n) is 11.5. The molecule has 4 heteroatoms. The van der Waals surface area contributed by atoms with Crippen molar-refractivity contribution in [2.45, 2.75) is 32.5 Å². The van der Waals surface area contributed by atoms with Crippen LogP contribution < -0.4 is 5.32 Å². The summed E-state index contributed by atoms with van der Waals surface area (Å²) < 4.78 is 1.94. The first kappa shape index (κ1) is 13.8. The summed E-state index contributed by atoms with van der Waals surface area (Å²) in [7, 11) is 0. The third-order valence-corrected chi connectivity index (χ3v) is 3.11. The summed E-state index contributed by atoms with van der Waals surface area (Å²) in [6.07, 6.45) is 1.98. The fraction of sp³-hybridized carbons (Fsp3) is 0.400. The first-order chi connectivity index (χ1) is 9.20. The van der Waals surface area contributed by atoms with Gasteiger partial charge in [-0.25, -0.2) is 0 Å². The van der Waals surface area contributed by atoms with Crippen molar-refractivity contribution in [1.82, 2.24) is 15.1 Å². The molecule has 0 amide bonds. The van der Waals surface area contributed by atoms with Crippen LogP contribution in [0.15, 0.2) is 42.6 Å². The molecule has 0 aliphatic rings. The average Bonchev–Trinajstić information content (AvgIpc) is 2.90. The highest BCUT2D eigenvalue weighted by Gasteiger charge is 2.10. The van der Waals surface area contributed by atoms with Crippen molar-refractivity contribution in [3.8, 4) is 0 Å². The predicted octanol–water partition coefficient (Wildman–Crippen LogP) is 2.29. The van der Waals surface area contributed by atoms with E-state index in [1.54, 1.807) is 0 Å². The lowest BCUT2D eigenvalue weighted by atomic mass is 10.1. The number of rotatable bonds is 6. The van der Waals surface area contributed by atoms with Crippen LogP contribution in [0.1, 0.15) is 37.2 Å². The van der Waals surface area contributed by atoms with Crippen molar-refractivity contribution in [1.29, 1.82) is 0 Å². The molecule has 0 aliphatic carbocycles. The van der Waals surface area contributed by atoms with Gasteiger partial charge in [0.1, 0.15) is 0 Å². The minimum atomic E-state index is -0.0506. The number of aliphatic hydroxyl groups is 1. The summed E-state index contributed by atoms with van der Waals surface area (Å²) in [4.78, 5) is 0. The second-order valence-electron chi connectivity index (χ2n) is 4.91. The molecular weight excluding hydrogens is 238 g/mol. The maximum Gasteiger partial charge on any atom is 0.0762 e. The average molecular weight is 259 g/mol. The Morgan fingerprint density at radius 2 is 1.95 bits per heavy atom. The van der Waals surface area contributed by atoms with Crippen LogP contribution in [-0.4, -0.2) is 21.5 Å². The van der Waals surface area contributed by atoms with Crippen LogP contribution in [0, 0.1) is 0 Å². The Hall–Kier alpha value is -1.65. The molecule has 102 valence electrons. The van der Waals surface area contributed by atoms with Crippen LogP contribution in [-0.2, 0) is 6.54 Å². The van der Waals surface area contributed by atoms with Gasteiger partial charge in [-0.15, -0.1) is 0 Å². The Morgan fingerprint density at radius 1 is 1.21 bits per heavy atom. The molecule has 0 bridgehead atoms. The van der Waals surface area contributed by atoms with Gasteiger partial charge in [0, 0.05) is 18.8 Å². The minimum absolute atomic E-state index is 0.0506. The number of aliphatic hydroxyl groups excluding tert-OH is 1. The van der Waals surface area contributed by atoms with E-state index in [4.69, 9.17) is 0 Å². The highest BCUT2D eigenvalue weighted by molar-refractivity contribution is 5.19. The van der Waals surface area contributed by atoms with E-state index < -0.39 is 0 Å². The first-order valence-corrected chi connectivity index (χ1v) is 6.64. The van der Waals surface area contributed by atoms with Crippen LogP contribution in [0.2, 0.25) is 0 Å². The van der Waals surface area contributed by atoms with E-state index in [-0.39, 0.29) is 12.6 Å². The van der Waals surface area contributed by atoms with Crippen molar-refractivity contribution < 1.29 is 5.11 Å². The first-order valence-electron chi connectivity index (χ1n) is 6.64. The number of nitrogens with one attached hydrogen (secondary N) is 1. The second-order valence-corrected chi connectivity index (χ2v) is 4.91. The zero-order chi connectivity index (χ0) is 13.7. The third kappa shape index (κ3) is 3.66. The van der Waals surface area contributed by atoms with Crippen molar-refractivity contribution in [2.75, 3.05) is 6.61 Å². The number of hydrogen-bond donors (Lipinski definition) is 2. The van der Waals surface area contributed by atoms with Crippen LogP contribution in [0.3, 0.4) is 0 Å². The predicted molar refractivity (Wildman–Crippen MR) is 75.7 cm³/mol. The Kier molecular flexibility index (Phi) is 4.71. The minimum Gasteiger partial charge on any atom is -0.394 e. The summed E-state index contributed by atoms with van der Waals surface area (Å²) in [6, 6.07) is 12.3. The molecule has 0 radical (unpaired) electrons. The Labute approximate surface area is 114 Å². The molecule has 0 aliphatic heterocycles. The van der Waals surface area contributed by atoms with E-state index in [0.717, 1.165) is 11.3 Å². The van der Waals surface area contributed by atoms with Gasteiger partial charge in [0.15, 0.2) is 0 Å². The number of nitrogens with zero attached hydrogens (tertiary/aromatic N) is 2. The summed E-state index contributed by atoms with van der Waals surface area (Å²) >= 11 is 0. The molecule has 19 heavy (non-hydrogen) atoms. The maximum atomic E-state index is 9.46. The van der Waals surface area contributed by atoms with Crippen LogP contribution in [0.25, 0.3) is 0 Å². The molecule has 1 aromatic carbocycles. The van der Waals surface area contributed by atoms with Gasteiger partial charge in [0.2, 0.25) is 0 Å². The monoisotopic (exact) mass is 259 g/mol. The van der Waals surface area contributed by atoms with E-state index in [1.807, 2.05) is 47.3 Å². The van der Waals surface area contributed by atoms with Gasteiger partial charge in [-0.2, -0.15) is 5.10 Å². The lowest BCUT2D eigenvalue weighted by Gasteiger charge is -2.15. The molecule has 1 aromatic heterocycles. The van der Waals surface area contributed by atoms with Crippen molar-refractivity contribution in [2.24, 2.45) is 0 Å². The second kappa shape index (κ2) is 6.50. The van der Waals surface area contributed by atoms with Gasteiger partial charge in [0.05, 0.1) is 18.3 Å². The molecule has 2 aromatic rings. The van der Waals surface area contributed by atoms with E-state index in [1.165, 1.54) is 0 Å². The van der Waals surface area contributed by atoms with E-state index in [2.05, 4.69) is 24.3 Å². The van der Waals surface area contributed by atoms with Gasteiger partial charge in [-0.3, -0.25) is 4.68 Å². The highest BCUT2D eigenvalue weighted by Crippen LogP contribution is 2.12. The van der Waals surface area contributed by atoms with Crippen LogP contribution in [0.5, 0.6) is 0 Å². The van der Waals surface area contributed by atoms with Crippen molar-refractivity contribution in [3.05, 3.63) is 53.9 Å². The summed E-state index contributed by atoms with van der Waals surface area (Å²) in [6.45, 7) is 4.93. The van der Waals surface area contributed by atoms with E-state index in [9.17, 15) is 5.11 Å². The summed E-state index contributed by atoms with van der Waals surface area (Å²) in [5.74, 6) is 0. The third-order valence-electron chi connectivity index (χ3n) is 3.11. The van der Waals surface area contributed by atoms with Crippen molar-refractivity contribution >= 4 is 0 Å². The molecule has 1 heterocycles. The molecule has 2 N–H and O–H groups in total. The maximum absolute atomic E-state index is 9.46. The van der Waals surface area contributed by atoms with Crippen molar-refractivity contribution in [3.63, 3.8) is 0 Å². The topological polar surface area (TPSA) is 50.1 Å². The number of benzene rings is 1. The van der Waals surface area contributed by atoms with Gasteiger partial charge in [-0.05, 0) is 25.5 Å². The molecule has 0 saturated carbocycles. The Morgan fingerprint density at radius 3 is 2.53 bits per heavy atom. The Bertz CT molecular complexity index is 493. The van der Waals surface area contributed by atoms with E-state index in [0.29, 0.717) is 12.6 Å². The molecular formula is C15H21N3O. The van der Waals surface area contributed by atoms with Crippen LogP contribution >= 0.6 is 0 Å². The van der Waals surface area contributed by atoms with E-state index >= 15 is 0 Å². The van der Waals surface area contributed by atoms with Gasteiger partial charge >= 0.3 is 0 Å². The molecule has 1 unspecified atom stereocenters. The Balaban J connectivity index is 1.96. The largest absolute Gasteiger partial charge is 0.394 e.